The molecule has 0 fully saturated rings. The molecule has 1 aromatic carbocycles. The van der Waals surface area contributed by atoms with Crippen LogP contribution in [-0.2, 0) is 4.79 Å². The quantitative estimate of drug-likeness (QED) is 0.754. The number of hydrogen-bond donors (Lipinski definition) is 2. The Morgan fingerprint density at radius 3 is 2.74 bits per heavy atom. The molecule has 0 bridgehead atoms. The van der Waals surface area contributed by atoms with E-state index in [2.05, 4.69) is 25.2 Å². The number of benzene rings is 1. The third-order valence-corrected chi connectivity index (χ3v) is 3.78. The fraction of sp³-hybridized carbons (Fsp3) is 0.533. The van der Waals surface area contributed by atoms with Gasteiger partial charge in [0.05, 0.1) is 5.75 Å². The van der Waals surface area contributed by atoms with E-state index >= 15 is 0 Å². The van der Waals surface area contributed by atoms with Gasteiger partial charge < -0.3 is 11.1 Å². The predicted octanol–water partition coefficient (Wildman–Crippen LogP) is 3.22. The molecule has 106 valence electrons. The highest BCUT2D eigenvalue weighted by atomic mass is 32.2. The lowest BCUT2D eigenvalue weighted by Crippen LogP contribution is -2.17. The smallest absolute Gasteiger partial charge is 0.234 e. The maximum absolute atomic E-state index is 11.8. The summed E-state index contributed by atoms with van der Waals surface area (Å²) >= 11 is 1.63. The van der Waals surface area contributed by atoms with E-state index in [-0.39, 0.29) is 11.9 Å². The van der Waals surface area contributed by atoms with Crippen LogP contribution < -0.4 is 11.1 Å². The summed E-state index contributed by atoms with van der Waals surface area (Å²) in [4.78, 5) is 11.8. The van der Waals surface area contributed by atoms with Gasteiger partial charge in [-0.1, -0.05) is 26.0 Å². The number of thioether (sulfide) groups is 1. The molecule has 3 nitrogen and oxygen atoms in total. The van der Waals surface area contributed by atoms with E-state index in [9.17, 15) is 4.79 Å². The zero-order chi connectivity index (χ0) is 14.3. The maximum Gasteiger partial charge on any atom is 0.234 e. The molecule has 0 aliphatic heterocycles. The van der Waals surface area contributed by atoms with Crippen molar-refractivity contribution in [2.24, 2.45) is 5.73 Å². The van der Waals surface area contributed by atoms with Gasteiger partial charge in [0.2, 0.25) is 5.91 Å². The summed E-state index contributed by atoms with van der Waals surface area (Å²) in [5.41, 5.74) is 7.78. The molecule has 1 atom stereocenters. The van der Waals surface area contributed by atoms with Crippen LogP contribution >= 0.6 is 11.8 Å². The van der Waals surface area contributed by atoms with E-state index in [1.807, 2.05) is 25.1 Å². The Balaban J connectivity index is 2.37. The molecular formula is C15H24N2OS. The minimum atomic E-state index is 0.0515. The Hall–Kier alpha value is -1.00. The van der Waals surface area contributed by atoms with E-state index in [0.29, 0.717) is 11.7 Å². The lowest BCUT2D eigenvalue weighted by atomic mass is 10.0. The lowest BCUT2D eigenvalue weighted by molar-refractivity contribution is -0.113. The number of nitrogens with one attached hydrogen (secondary N) is 1. The first-order chi connectivity index (χ1) is 8.99. The molecule has 0 saturated heterocycles. The fourth-order valence-electron chi connectivity index (χ4n) is 1.61. The average molecular weight is 280 g/mol. The molecule has 0 aliphatic carbocycles. The van der Waals surface area contributed by atoms with E-state index in [0.717, 1.165) is 17.9 Å². The zero-order valence-corrected chi connectivity index (χ0v) is 12.8. The van der Waals surface area contributed by atoms with Gasteiger partial charge in [-0.25, -0.2) is 0 Å². The molecule has 3 N–H and O–H groups in total. The van der Waals surface area contributed by atoms with Crippen LogP contribution in [0.15, 0.2) is 24.3 Å². The molecule has 1 aromatic rings. The van der Waals surface area contributed by atoms with Crippen molar-refractivity contribution in [1.82, 2.24) is 0 Å². The molecule has 0 saturated carbocycles. The largest absolute Gasteiger partial charge is 0.328 e. The Morgan fingerprint density at radius 1 is 1.37 bits per heavy atom. The van der Waals surface area contributed by atoms with Gasteiger partial charge in [-0.2, -0.15) is 11.8 Å². The third kappa shape index (κ3) is 6.64. The third-order valence-electron chi connectivity index (χ3n) is 2.79. The van der Waals surface area contributed by atoms with E-state index in [1.165, 1.54) is 5.56 Å². The van der Waals surface area contributed by atoms with Crippen LogP contribution in [0.1, 0.15) is 38.7 Å². The van der Waals surface area contributed by atoms with Crippen molar-refractivity contribution < 1.29 is 4.79 Å². The lowest BCUT2D eigenvalue weighted by Gasteiger charge is -2.09. The minimum Gasteiger partial charge on any atom is -0.328 e. The zero-order valence-electron chi connectivity index (χ0n) is 12.0. The number of rotatable bonds is 7. The SMILES string of the molecule is CC(N)CCSCC(=O)Nc1cccc(C(C)C)c1. The van der Waals surface area contributed by atoms with Crippen LogP contribution in [0.25, 0.3) is 0 Å². The molecule has 4 heteroatoms. The maximum atomic E-state index is 11.8. The summed E-state index contributed by atoms with van der Waals surface area (Å²) in [5.74, 6) is 1.93. The highest BCUT2D eigenvalue weighted by molar-refractivity contribution is 7.99. The summed E-state index contributed by atoms with van der Waals surface area (Å²) < 4.78 is 0. The second-order valence-electron chi connectivity index (χ2n) is 5.15. The summed E-state index contributed by atoms with van der Waals surface area (Å²) in [6.07, 6.45) is 0.945. The topological polar surface area (TPSA) is 55.1 Å². The number of hydrogen-bond acceptors (Lipinski definition) is 3. The van der Waals surface area contributed by atoms with Crippen LogP contribution in [0.3, 0.4) is 0 Å². The van der Waals surface area contributed by atoms with Crippen molar-refractivity contribution in [1.29, 1.82) is 0 Å². The van der Waals surface area contributed by atoms with Crippen molar-refractivity contribution in [3.8, 4) is 0 Å². The van der Waals surface area contributed by atoms with Gasteiger partial charge in [-0.15, -0.1) is 0 Å². The van der Waals surface area contributed by atoms with Crippen LogP contribution in [-0.4, -0.2) is 23.5 Å². The molecule has 0 aromatic heterocycles. The van der Waals surface area contributed by atoms with Crippen molar-refractivity contribution in [3.05, 3.63) is 29.8 Å². The molecule has 0 heterocycles. The first-order valence-electron chi connectivity index (χ1n) is 6.72. The van der Waals surface area contributed by atoms with E-state index < -0.39 is 0 Å². The summed E-state index contributed by atoms with van der Waals surface area (Å²) in [6.45, 7) is 6.27. The Bertz CT molecular complexity index is 405. The number of carbonyl (C=O) groups excluding carboxylic acids is 1. The van der Waals surface area contributed by atoms with Gasteiger partial charge in [-0.3, -0.25) is 4.79 Å². The molecule has 19 heavy (non-hydrogen) atoms. The molecular weight excluding hydrogens is 256 g/mol. The van der Waals surface area contributed by atoms with Crippen molar-refractivity contribution in [2.75, 3.05) is 16.8 Å². The number of amides is 1. The minimum absolute atomic E-state index is 0.0515. The molecule has 0 spiro atoms. The average Bonchev–Trinajstić information content (AvgIpc) is 2.34. The van der Waals surface area contributed by atoms with Crippen LogP contribution in [0.5, 0.6) is 0 Å². The summed E-state index contributed by atoms with van der Waals surface area (Å²) in [7, 11) is 0. The van der Waals surface area contributed by atoms with Gasteiger partial charge in [0, 0.05) is 11.7 Å². The van der Waals surface area contributed by atoms with Crippen molar-refractivity contribution >= 4 is 23.4 Å². The van der Waals surface area contributed by atoms with Crippen LogP contribution in [0.4, 0.5) is 5.69 Å². The van der Waals surface area contributed by atoms with Gasteiger partial charge >= 0.3 is 0 Å². The van der Waals surface area contributed by atoms with Gasteiger partial charge in [0.15, 0.2) is 0 Å². The highest BCUT2D eigenvalue weighted by Crippen LogP contribution is 2.18. The molecule has 1 amide bonds. The van der Waals surface area contributed by atoms with Gasteiger partial charge in [0.1, 0.15) is 0 Å². The van der Waals surface area contributed by atoms with Crippen molar-refractivity contribution in [3.63, 3.8) is 0 Å². The Labute approximate surface area is 120 Å². The van der Waals surface area contributed by atoms with Crippen LogP contribution in [0, 0.1) is 0 Å². The summed E-state index contributed by atoms with van der Waals surface area (Å²) in [5, 5.41) is 2.93. The number of anilines is 1. The Kier molecular flexibility index (Phi) is 6.95. The summed E-state index contributed by atoms with van der Waals surface area (Å²) in [6, 6.07) is 8.23. The first-order valence-corrected chi connectivity index (χ1v) is 7.87. The van der Waals surface area contributed by atoms with E-state index in [4.69, 9.17) is 5.73 Å². The number of nitrogens with two attached hydrogens (primary N) is 1. The van der Waals surface area contributed by atoms with Crippen LogP contribution in [0.2, 0.25) is 0 Å². The van der Waals surface area contributed by atoms with Gasteiger partial charge in [-0.05, 0) is 42.7 Å². The second-order valence-corrected chi connectivity index (χ2v) is 6.25. The highest BCUT2D eigenvalue weighted by Gasteiger charge is 2.05. The monoisotopic (exact) mass is 280 g/mol. The fourth-order valence-corrected chi connectivity index (χ4v) is 2.55. The normalized spacial score (nSPS) is 12.5. The van der Waals surface area contributed by atoms with Crippen molar-refractivity contribution in [2.45, 2.75) is 39.2 Å². The first kappa shape index (κ1) is 16.1. The molecule has 1 unspecified atom stereocenters. The molecule has 0 radical (unpaired) electrons. The standard InChI is InChI=1S/C15H24N2OS/c1-11(2)13-5-4-6-14(9-13)17-15(18)10-19-8-7-12(3)16/h4-6,9,11-12H,7-8,10,16H2,1-3H3,(H,17,18). The molecule has 0 aliphatic rings. The van der Waals surface area contributed by atoms with Gasteiger partial charge in [0.25, 0.3) is 0 Å². The molecule has 1 rings (SSSR count). The predicted molar refractivity (Wildman–Crippen MR) is 84.8 cm³/mol. The number of carbonyl (C=O) groups is 1. The van der Waals surface area contributed by atoms with E-state index in [1.54, 1.807) is 11.8 Å². The Morgan fingerprint density at radius 2 is 2.11 bits per heavy atom. The second kappa shape index (κ2) is 8.23.